The van der Waals surface area contributed by atoms with Crippen molar-refractivity contribution in [2.45, 2.75) is 12.5 Å². The van der Waals surface area contributed by atoms with Gasteiger partial charge in [-0.15, -0.1) is 0 Å². The van der Waals surface area contributed by atoms with E-state index in [4.69, 9.17) is 5.84 Å². The van der Waals surface area contributed by atoms with E-state index in [1.807, 2.05) is 66.7 Å². The first-order chi connectivity index (χ1) is 10.3. The summed E-state index contributed by atoms with van der Waals surface area (Å²) in [5.74, 6) is 5.68. The zero-order valence-electron chi connectivity index (χ0n) is 11.8. The average molecular weight is 282 g/mol. The Hall–Kier alpha value is -2.44. The Morgan fingerprint density at radius 2 is 2.05 bits per heavy atom. The molecule has 0 spiro atoms. The molecule has 1 aromatic carbocycles. The Labute approximate surface area is 123 Å². The SMILES string of the molecule is Cn1cc(CC(NN)c2ccn(-c3ccccc3)n2)cn1. The van der Waals surface area contributed by atoms with Crippen LogP contribution in [0.1, 0.15) is 17.3 Å². The number of aryl methyl sites for hydroxylation is 1. The number of rotatable bonds is 5. The van der Waals surface area contributed by atoms with E-state index in [0.29, 0.717) is 0 Å². The van der Waals surface area contributed by atoms with Crippen LogP contribution >= 0.6 is 0 Å². The second-order valence-electron chi connectivity index (χ2n) is 4.97. The van der Waals surface area contributed by atoms with Gasteiger partial charge in [0.05, 0.1) is 23.6 Å². The van der Waals surface area contributed by atoms with E-state index in [1.54, 1.807) is 4.68 Å². The van der Waals surface area contributed by atoms with Gasteiger partial charge in [-0.1, -0.05) is 18.2 Å². The first kappa shape index (κ1) is 13.5. The minimum atomic E-state index is -0.0424. The van der Waals surface area contributed by atoms with Crippen molar-refractivity contribution in [1.29, 1.82) is 0 Å². The van der Waals surface area contributed by atoms with Gasteiger partial charge in [0, 0.05) is 19.4 Å². The molecule has 3 rings (SSSR count). The van der Waals surface area contributed by atoms with E-state index in [-0.39, 0.29) is 6.04 Å². The van der Waals surface area contributed by atoms with Crippen molar-refractivity contribution in [1.82, 2.24) is 25.0 Å². The van der Waals surface area contributed by atoms with Crippen molar-refractivity contribution in [3.63, 3.8) is 0 Å². The van der Waals surface area contributed by atoms with Crippen molar-refractivity contribution < 1.29 is 0 Å². The van der Waals surface area contributed by atoms with Gasteiger partial charge >= 0.3 is 0 Å². The van der Waals surface area contributed by atoms with Crippen LogP contribution < -0.4 is 11.3 Å². The predicted octanol–water partition coefficient (Wildman–Crippen LogP) is 1.35. The van der Waals surface area contributed by atoms with Gasteiger partial charge in [0.15, 0.2) is 0 Å². The summed E-state index contributed by atoms with van der Waals surface area (Å²) in [6.07, 6.45) is 6.52. The molecule has 1 atom stereocenters. The molecule has 0 saturated heterocycles. The molecule has 0 saturated carbocycles. The second-order valence-corrected chi connectivity index (χ2v) is 4.97. The number of hydrogen-bond donors (Lipinski definition) is 2. The highest BCUT2D eigenvalue weighted by molar-refractivity contribution is 5.30. The third-order valence-electron chi connectivity index (χ3n) is 3.39. The van der Waals surface area contributed by atoms with Crippen LogP contribution in [0.4, 0.5) is 0 Å². The van der Waals surface area contributed by atoms with Crippen LogP contribution in [0.2, 0.25) is 0 Å². The normalized spacial score (nSPS) is 12.5. The Balaban J connectivity index is 1.80. The molecule has 108 valence electrons. The number of para-hydroxylation sites is 1. The molecule has 0 fully saturated rings. The average Bonchev–Trinajstić information content (AvgIpc) is 3.15. The van der Waals surface area contributed by atoms with Crippen molar-refractivity contribution in [3.05, 3.63) is 66.2 Å². The summed E-state index contributed by atoms with van der Waals surface area (Å²) >= 11 is 0. The lowest BCUT2D eigenvalue weighted by atomic mass is 10.1. The van der Waals surface area contributed by atoms with Gasteiger partial charge in [-0.3, -0.25) is 16.0 Å². The molecule has 1 unspecified atom stereocenters. The van der Waals surface area contributed by atoms with Crippen LogP contribution in [-0.2, 0) is 13.5 Å². The van der Waals surface area contributed by atoms with E-state index in [0.717, 1.165) is 23.4 Å². The molecular weight excluding hydrogens is 264 g/mol. The predicted molar refractivity (Wildman–Crippen MR) is 80.5 cm³/mol. The smallest absolute Gasteiger partial charge is 0.0815 e. The molecule has 0 amide bonds. The van der Waals surface area contributed by atoms with Gasteiger partial charge in [-0.05, 0) is 30.2 Å². The fourth-order valence-corrected chi connectivity index (χ4v) is 2.31. The molecule has 0 aliphatic heterocycles. The highest BCUT2D eigenvalue weighted by atomic mass is 15.3. The second kappa shape index (κ2) is 5.90. The monoisotopic (exact) mass is 282 g/mol. The van der Waals surface area contributed by atoms with Crippen LogP contribution in [0.5, 0.6) is 0 Å². The summed E-state index contributed by atoms with van der Waals surface area (Å²) in [5.41, 5.74) is 5.88. The minimum absolute atomic E-state index is 0.0424. The van der Waals surface area contributed by atoms with Gasteiger partial charge in [0.25, 0.3) is 0 Å². The summed E-state index contributed by atoms with van der Waals surface area (Å²) in [6.45, 7) is 0. The molecule has 6 heteroatoms. The third kappa shape index (κ3) is 3.01. The molecule has 0 aliphatic rings. The molecule has 21 heavy (non-hydrogen) atoms. The lowest BCUT2D eigenvalue weighted by Crippen LogP contribution is -2.30. The maximum absolute atomic E-state index is 5.68. The molecule has 2 heterocycles. The van der Waals surface area contributed by atoms with Crippen molar-refractivity contribution in [2.75, 3.05) is 0 Å². The first-order valence-electron chi connectivity index (χ1n) is 6.81. The quantitative estimate of drug-likeness (QED) is 0.547. The van der Waals surface area contributed by atoms with E-state index in [1.165, 1.54) is 0 Å². The number of hydrazine groups is 1. The molecule has 6 nitrogen and oxygen atoms in total. The van der Waals surface area contributed by atoms with Gasteiger partial charge < -0.3 is 0 Å². The van der Waals surface area contributed by atoms with Crippen molar-refractivity contribution in [2.24, 2.45) is 12.9 Å². The lowest BCUT2D eigenvalue weighted by molar-refractivity contribution is 0.533. The highest BCUT2D eigenvalue weighted by Gasteiger charge is 2.15. The largest absolute Gasteiger partial charge is 0.276 e. The molecule has 0 radical (unpaired) electrons. The zero-order chi connectivity index (χ0) is 14.7. The molecule has 0 bridgehead atoms. The van der Waals surface area contributed by atoms with Gasteiger partial charge in [0.1, 0.15) is 0 Å². The summed E-state index contributed by atoms with van der Waals surface area (Å²) in [7, 11) is 1.90. The topological polar surface area (TPSA) is 73.7 Å². The highest BCUT2D eigenvalue weighted by Crippen LogP contribution is 2.17. The summed E-state index contributed by atoms with van der Waals surface area (Å²) < 4.78 is 3.63. The number of nitrogens with zero attached hydrogens (tertiary/aromatic N) is 4. The number of nitrogens with one attached hydrogen (secondary N) is 1. The van der Waals surface area contributed by atoms with Crippen LogP contribution in [0.25, 0.3) is 5.69 Å². The number of aromatic nitrogens is 4. The van der Waals surface area contributed by atoms with E-state index in [2.05, 4.69) is 15.6 Å². The zero-order valence-corrected chi connectivity index (χ0v) is 11.8. The van der Waals surface area contributed by atoms with E-state index < -0.39 is 0 Å². The molecule has 0 aliphatic carbocycles. The van der Waals surface area contributed by atoms with E-state index in [9.17, 15) is 0 Å². The van der Waals surface area contributed by atoms with Crippen LogP contribution in [0.3, 0.4) is 0 Å². The van der Waals surface area contributed by atoms with Crippen molar-refractivity contribution in [3.8, 4) is 5.69 Å². The first-order valence-corrected chi connectivity index (χ1v) is 6.81. The van der Waals surface area contributed by atoms with Crippen LogP contribution in [0, 0.1) is 0 Å². The molecular formula is C15H18N6. The van der Waals surface area contributed by atoms with Gasteiger partial charge in [-0.2, -0.15) is 10.2 Å². The number of hydrogen-bond acceptors (Lipinski definition) is 4. The molecule has 3 aromatic rings. The summed E-state index contributed by atoms with van der Waals surface area (Å²) in [6, 6.07) is 11.9. The maximum atomic E-state index is 5.68. The third-order valence-corrected chi connectivity index (χ3v) is 3.39. The Morgan fingerprint density at radius 1 is 1.24 bits per heavy atom. The number of benzene rings is 1. The van der Waals surface area contributed by atoms with Gasteiger partial charge in [-0.25, -0.2) is 4.68 Å². The van der Waals surface area contributed by atoms with Crippen LogP contribution in [0.15, 0.2) is 55.0 Å². The lowest BCUT2D eigenvalue weighted by Gasteiger charge is -2.12. The van der Waals surface area contributed by atoms with Crippen molar-refractivity contribution >= 4 is 0 Å². The molecule has 2 aromatic heterocycles. The minimum Gasteiger partial charge on any atom is -0.276 e. The Morgan fingerprint density at radius 3 is 2.71 bits per heavy atom. The Kier molecular flexibility index (Phi) is 3.81. The van der Waals surface area contributed by atoms with Crippen LogP contribution in [-0.4, -0.2) is 19.6 Å². The maximum Gasteiger partial charge on any atom is 0.0815 e. The van der Waals surface area contributed by atoms with Gasteiger partial charge in [0.2, 0.25) is 0 Å². The fraction of sp³-hybridized carbons (Fsp3) is 0.200. The number of nitrogens with two attached hydrogens (primary N) is 1. The standard InChI is InChI=1S/C15H18N6/c1-20-11-12(10-17-20)9-15(18-16)14-7-8-21(19-14)13-5-3-2-4-6-13/h2-8,10-11,15,18H,9,16H2,1H3. The molecule has 3 N–H and O–H groups in total. The fourth-order valence-electron chi connectivity index (χ4n) is 2.31. The summed E-state index contributed by atoms with van der Waals surface area (Å²) in [5, 5.41) is 8.77. The summed E-state index contributed by atoms with van der Waals surface area (Å²) in [4.78, 5) is 0. The van der Waals surface area contributed by atoms with E-state index >= 15 is 0 Å². The Bertz CT molecular complexity index is 700.